The smallest absolute Gasteiger partial charge is 0.342 e. The van der Waals surface area contributed by atoms with Gasteiger partial charge in [-0.05, 0) is 7.05 Å². The van der Waals surface area contributed by atoms with E-state index in [4.69, 9.17) is 5.11 Å². The van der Waals surface area contributed by atoms with Gasteiger partial charge in [-0.2, -0.15) is 5.90 Å². The van der Waals surface area contributed by atoms with Crippen molar-refractivity contribution in [1.82, 2.24) is 5.32 Å². The van der Waals surface area contributed by atoms with Gasteiger partial charge in [-0.25, -0.2) is 4.79 Å². The molecule has 0 aromatic carbocycles. The minimum atomic E-state index is -1.09. The molecule has 0 saturated heterocycles. The molecule has 0 unspecified atom stereocenters. The van der Waals surface area contributed by atoms with Gasteiger partial charge in [-0.15, -0.1) is 0 Å². The summed E-state index contributed by atoms with van der Waals surface area (Å²) in [5.41, 5.74) is 0. The predicted octanol–water partition coefficient (Wildman–Crippen LogP) is -1.53. The Morgan fingerprint density at radius 1 is 1.73 bits per heavy atom. The van der Waals surface area contributed by atoms with Crippen LogP contribution in [0.25, 0.3) is 0 Å². The highest BCUT2D eigenvalue weighted by molar-refractivity contribution is 5.81. The lowest BCUT2D eigenvalue weighted by atomic mass is 10.2. The quantitative estimate of drug-likeness (QED) is 0.433. The third-order valence-corrected chi connectivity index (χ3v) is 1.13. The molecule has 1 atom stereocenters. The van der Waals surface area contributed by atoms with Crippen molar-refractivity contribution >= 4 is 11.9 Å². The van der Waals surface area contributed by atoms with Crippen LogP contribution in [0.5, 0.6) is 0 Å². The largest absolute Gasteiger partial charge is 0.481 e. The second-order valence-corrected chi connectivity index (χ2v) is 1.88. The van der Waals surface area contributed by atoms with E-state index in [-0.39, 0.29) is 6.42 Å². The zero-order valence-electron chi connectivity index (χ0n) is 6.03. The van der Waals surface area contributed by atoms with E-state index in [9.17, 15) is 9.59 Å². The standard InChI is InChI=1S/C5H10N2O4/c1-7-3(2-4(8)9)5(10)11-6/h3,7H,2,6H2,1H3,(H,8,9)/t3-/m0/s1. The van der Waals surface area contributed by atoms with E-state index in [1.54, 1.807) is 0 Å². The van der Waals surface area contributed by atoms with Crippen molar-refractivity contribution in [3.63, 3.8) is 0 Å². The Morgan fingerprint density at radius 3 is 2.55 bits per heavy atom. The Morgan fingerprint density at radius 2 is 2.27 bits per heavy atom. The van der Waals surface area contributed by atoms with Gasteiger partial charge in [-0.3, -0.25) is 4.79 Å². The molecule has 4 N–H and O–H groups in total. The maximum atomic E-state index is 10.6. The molecule has 0 aliphatic heterocycles. The topological polar surface area (TPSA) is 102 Å². The lowest BCUT2D eigenvalue weighted by Gasteiger charge is -2.08. The number of hydrogen-bond acceptors (Lipinski definition) is 5. The van der Waals surface area contributed by atoms with Crippen molar-refractivity contribution in [3.8, 4) is 0 Å². The number of likely N-dealkylation sites (N-methyl/N-ethyl adjacent to an activating group) is 1. The van der Waals surface area contributed by atoms with Crippen molar-refractivity contribution in [2.45, 2.75) is 12.5 Å². The van der Waals surface area contributed by atoms with Crippen LogP contribution in [0.1, 0.15) is 6.42 Å². The number of carbonyl (C=O) groups excluding carboxylic acids is 1. The van der Waals surface area contributed by atoms with E-state index in [1.165, 1.54) is 7.05 Å². The molecule has 0 aliphatic rings. The average molecular weight is 162 g/mol. The number of rotatable bonds is 4. The van der Waals surface area contributed by atoms with Gasteiger partial charge in [-0.1, -0.05) is 0 Å². The molecular formula is C5H10N2O4. The SMILES string of the molecule is CN[C@@H](CC(=O)O)C(=O)ON. The van der Waals surface area contributed by atoms with Gasteiger partial charge in [0, 0.05) is 0 Å². The molecule has 0 radical (unpaired) electrons. The summed E-state index contributed by atoms with van der Waals surface area (Å²) in [5.74, 6) is 2.67. The van der Waals surface area contributed by atoms with Gasteiger partial charge >= 0.3 is 11.9 Å². The fourth-order valence-electron chi connectivity index (χ4n) is 0.560. The fraction of sp³-hybridized carbons (Fsp3) is 0.600. The second kappa shape index (κ2) is 4.64. The number of nitrogens with two attached hydrogens (primary N) is 1. The summed E-state index contributed by atoms with van der Waals surface area (Å²) >= 11 is 0. The molecule has 0 amide bonds. The molecule has 0 fully saturated rings. The van der Waals surface area contributed by atoms with E-state index < -0.39 is 18.0 Å². The van der Waals surface area contributed by atoms with E-state index in [0.717, 1.165) is 0 Å². The van der Waals surface area contributed by atoms with Crippen molar-refractivity contribution < 1.29 is 19.5 Å². The van der Waals surface area contributed by atoms with Gasteiger partial charge in [0.1, 0.15) is 6.04 Å². The molecule has 0 bridgehead atoms. The Balaban J connectivity index is 3.94. The fourth-order valence-corrected chi connectivity index (χ4v) is 0.560. The first-order chi connectivity index (χ1) is 5.11. The lowest BCUT2D eigenvalue weighted by molar-refractivity contribution is -0.150. The van der Waals surface area contributed by atoms with Crippen LogP contribution in [0.2, 0.25) is 0 Å². The maximum Gasteiger partial charge on any atom is 0.342 e. The molecule has 0 aromatic rings. The highest BCUT2D eigenvalue weighted by Crippen LogP contribution is 1.92. The number of carboxylic acids is 1. The zero-order chi connectivity index (χ0) is 8.85. The first-order valence-corrected chi connectivity index (χ1v) is 2.91. The molecule has 0 aromatic heterocycles. The van der Waals surface area contributed by atoms with E-state index in [0.29, 0.717) is 0 Å². The Kier molecular flexibility index (Phi) is 4.16. The van der Waals surface area contributed by atoms with Gasteiger partial charge in [0.2, 0.25) is 0 Å². The van der Waals surface area contributed by atoms with Gasteiger partial charge in [0.25, 0.3) is 0 Å². The highest BCUT2D eigenvalue weighted by Gasteiger charge is 2.20. The lowest BCUT2D eigenvalue weighted by Crippen LogP contribution is -2.38. The van der Waals surface area contributed by atoms with Crippen LogP contribution in [-0.2, 0) is 14.4 Å². The minimum Gasteiger partial charge on any atom is -0.481 e. The van der Waals surface area contributed by atoms with Crippen molar-refractivity contribution in [3.05, 3.63) is 0 Å². The van der Waals surface area contributed by atoms with Crippen molar-refractivity contribution in [2.75, 3.05) is 7.05 Å². The molecule has 64 valence electrons. The first-order valence-electron chi connectivity index (χ1n) is 2.91. The third kappa shape index (κ3) is 3.54. The zero-order valence-corrected chi connectivity index (χ0v) is 6.03. The molecular weight excluding hydrogens is 152 g/mol. The van der Waals surface area contributed by atoms with Crippen LogP contribution >= 0.6 is 0 Å². The number of nitrogens with one attached hydrogen (secondary N) is 1. The van der Waals surface area contributed by atoms with Crippen LogP contribution in [-0.4, -0.2) is 30.1 Å². The summed E-state index contributed by atoms with van der Waals surface area (Å²) in [6, 6.07) is -0.877. The highest BCUT2D eigenvalue weighted by atomic mass is 16.7. The van der Waals surface area contributed by atoms with E-state index in [2.05, 4.69) is 16.1 Å². The Labute approximate surface area is 63.3 Å². The number of carbonyl (C=O) groups is 2. The van der Waals surface area contributed by atoms with Crippen LogP contribution in [0.4, 0.5) is 0 Å². The summed E-state index contributed by atoms with van der Waals surface area (Å²) in [4.78, 5) is 24.5. The normalized spacial score (nSPS) is 12.2. The summed E-state index contributed by atoms with van der Waals surface area (Å²) in [5, 5.41) is 10.7. The average Bonchev–Trinajstić information content (AvgIpc) is 1.98. The maximum absolute atomic E-state index is 10.6. The summed E-state index contributed by atoms with van der Waals surface area (Å²) < 4.78 is 0. The molecule has 0 heterocycles. The van der Waals surface area contributed by atoms with Crippen LogP contribution < -0.4 is 11.2 Å². The summed E-state index contributed by atoms with van der Waals surface area (Å²) in [7, 11) is 1.45. The molecule has 6 heteroatoms. The first kappa shape index (κ1) is 9.86. The van der Waals surface area contributed by atoms with Crippen LogP contribution in [0.3, 0.4) is 0 Å². The summed E-state index contributed by atoms with van der Waals surface area (Å²) in [6.07, 6.45) is -0.341. The molecule has 0 aliphatic carbocycles. The number of carboxylic acid groups (broad SMARTS) is 1. The van der Waals surface area contributed by atoms with Crippen molar-refractivity contribution in [1.29, 1.82) is 0 Å². The predicted molar refractivity (Wildman–Crippen MR) is 35.4 cm³/mol. The molecule has 0 rings (SSSR count). The van der Waals surface area contributed by atoms with Crippen molar-refractivity contribution in [2.24, 2.45) is 5.90 Å². The van der Waals surface area contributed by atoms with Gasteiger partial charge in [0.15, 0.2) is 0 Å². The minimum absolute atomic E-state index is 0.341. The monoisotopic (exact) mass is 162 g/mol. The molecule has 0 saturated carbocycles. The number of aliphatic carboxylic acids is 1. The molecule has 11 heavy (non-hydrogen) atoms. The van der Waals surface area contributed by atoms with Gasteiger partial charge in [0.05, 0.1) is 6.42 Å². The van der Waals surface area contributed by atoms with E-state index in [1.807, 2.05) is 0 Å². The Bertz CT molecular complexity index is 159. The second-order valence-electron chi connectivity index (χ2n) is 1.88. The molecule has 0 spiro atoms. The van der Waals surface area contributed by atoms with Crippen LogP contribution in [0, 0.1) is 0 Å². The number of hydrogen-bond donors (Lipinski definition) is 3. The van der Waals surface area contributed by atoms with Gasteiger partial charge < -0.3 is 15.3 Å². The van der Waals surface area contributed by atoms with E-state index >= 15 is 0 Å². The Hall–Kier alpha value is -1.14. The third-order valence-electron chi connectivity index (χ3n) is 1.13. The summed E-state index contributed by atoms with van der Waals surface area (Å²) in [6.45, 7) is 0. The molecule has 6 nitrogen and oxygen atoms in total. The van der Waals surface area contributed by atoms with Crippen LogP contribution in [0.15, 0.2) is 0 Å².